The average molecular weight is 462 g/mol. The second kappa shape index (κ2) is 9.15. The number of amides is 1. The lowest BCUT2D eigenvalue weighted by molar-refractivity contribution is 0.0667. The highest BCUT2D eigenvalue weighted by Gasteiger charge is 2.27. The van der Waals surface area contributed by atoms with E-state index in [-0.39, 0.29) is 5.91 Å². The smallest absolute Gasteiger partial charge is 0.253 e. The Hall–Kier alpha value is -3.13. The molecule has 1 atom stereocenters. The lowest BCUT2D eigenvalue weighted by Crippen LogP contribution is -2.39. The summed E-state index contributed by atoms with van der Waals surface area (Å²) in [5.41, 5.74) is 5.14. The number of hydrogen-bond acceptors (Lipinski definition) is 1. The molecule has 1 unspecified atom stereocenters. The fourth-order valence-electron chi connectivity index (χ4n) is 6.57. The zero-order chi connectivity index (χ0) is 23.9. The quantitative estimate of drug-likeness (QED) is 0.283. The molecule has 2 nitrogen and oxygen atoms in total. The van der Waals surface area contributed by atoms with Gasteiger partial charge < -0.3 is 4.90 Å². The topological polar surface area (TPSA) is 20.3 Å². The van der Waals surface area contributed by atoms with E-state index in [0.29, 0.717) is 11.8 Å². The number of carbonyl (C=O) groups is 1. The molecule has 1 aliphatic carbocycles. The summed E-state index contributed by atoms with van der Waals surface area (Å²) < 4.78 is 0. The van der Waals surface area contributed by atoms with Crippen LogP contribution in [-0.2, 0) is 6.42 Å². The van der Waals surface area contributed by atoms with E-state index in [1.807, 2.05) is 0 Å². The van der Waals surface area contributed by atoms with Crippen LogP contribution in [0.1, 0.15) is 72.5 Å². The van der Waals surface area contributed by atoms with Gasteiger partial charge in [0.1, 0.15) is 0 Å². The third kappa shape index (κ3) is 4.03. The van der Waals surface area contributed by atoms with Gasteiger partial charge in [0.05, 0.1) is 0 Å². The minimum atomic E-state index is 0.195. The lowest BCUT2D eigenvalue weighted by Gasteiger charge is -2.34. The molecule has 1 fully saturated rings. The van der Waals surface area contributed by atoms with E-state index in [1.54, 1.807) is 0 Å². The lowest BCUT2D eigenvalue weighted by atomic mass is 9.77. The minimum absolute atomic E-state index is 0.195. The van der Waals surface area contributed by atoms with Crippen molar-refractivity contribution in [2.45, 2.75) is 51.9 Å². The van der Waals surface area contributed by atoms with E-state index in [0.717, 1.165) is 43.8 Å². The maximum Gasteiger partial charge on any atom is 0.253 e. The summed E-state index contributed by atoms with van der Waals surface area (Å²) in [6, 6.07) is 26.5. The Balaban J connectivity index is 1.27. The van der Waals surface area contributed by atoms with Crippen LogP contribution in [0.25, 0.3) is 21.5 Å². The van der Waals surface area contributed by atoms with E-state index in [9.17, 15) is 4.79 Å². The summed E-state index contributed by atoms with van der Waals surface area (Å²) in [6.45, 7) is 6.38. The van der Waals surface area contributed by atoms with Crippen LogP contribution in [0.15, 0.2) is 72.8 Å². The van der Waals surface area contributed by atoms with Crippen molar-refractivity contribution >= 4 is 27.5 Å². The largest absolute Gasteiger partial charge is 0.339 e. The molecule has 1 saturated heterocycles. The standard InChI is InChI=1S/C33H35NO/c1-22(2)23-18-20-34(21-19-23)33(35)26-12-10-25(11-13-26)28-8-5-9-29-30(28)16-17-31-27-7-4-3-6-24(27)14-15-32(29)31/h3-4,6-7,10-17,22-23,28H,5,8-9,18-21H2,1-2H3. The molecule has 1 amide bonds. The number of carbonyl (C=O) groups excluding carboxylic acids is 1. The number of piperidine rings is 1. The normalized spacial score (nSPS) is 18.8. The number of nitrogens with zero attached hydrogens (tertiary/aromatic N) is 1. The Morgan fingerprint density at radius 3 is 2.31 bits per heavy atom. The molecule has 178 valence electrons. The fourth-order valence-corrected chi connectivity index (χ4v) is 6.57. The monoisotopic (exact) mass is 461 g/mol. The fraction of sp³-hybridized carbons (Fsp3) is 0.364. The molecule has 4 aromatic rings. The van der Waals surface area contributed by atoms with Gasteiger partial charge in [-0.05, 0) is 94.3 Å². The molecule has 6 rings (SSSR count). The van der Waals surface area contributed by atoms with Gasteiger partial charge in [0.15, 0.2) is 0 Å². The maximum absolute atomic E-state index is 13.1. The Morgan fingerprint density at radius 2 is 1.54 bits per heavy atom. The van der Waals surface area contributed by atoms with Crippen molar-refractivity contribution in [3.63, 3.8) is 0 Å². The van der Waals surface area contributed by atoms with Crippen molar-refractivity contribution in [1.29, 1.82) is 0 Å². The van der Waals surface area contributed by atoms with Crippen LogP contribution >= 0.6 is 0 Å². The van der Waals surface area contributed by atoms with Gasteiger partial charge in [0, 0.05) is 24.6 Å². The third-order valence-corrected chi connectivity index (χ3v) is 8.70. The number of fused-ring (bicyclic) bond motifs is 5. The van der Waals surface area contributed by atoms with Crippen molar-refractivity contribution in [2.75, 3.05) is 13.1 Å². The summed E-state index contributed by atoms with van der Waals surface area (Å²) in [5.74, 6) is 2.06. The number of rotatable bonds is 3. The van der Waals surface area contributed by atoms with Crippen LogP contribution in [0, 0.1) is 11.8 Å². The van der Waals surface area contributed by atoms with Crippen molar-refractivity contribution in [1.82, 2.24) is 4.90 Å². The molecule has 0 radical (unpaired) electrons. The van der Waals surface area contributed by atoms with Crippen molar-refractivity contribution < 1.29 is 4.79 Å². The first-order chi connectivity index (χ1) is 17.1. The molecule has 2 heteroatoms. The zero-order valence-electron chi connectivity index (χ0n) is 21.0. The van der Waals surface area contributed by atoms with Gasteiger partial charge in [-0.3, -0.25) is 4.79 Å². The van der Waals surface area contributed by atoms with Crippen LogP contribution in [0.4, 0.5) is 0 Å². The Morgan fingerprint density at radius 1 is 0.800 bits per heavy atom. The summed E-state index contributed by atoms with van der Waals surface area (Å²) in [7, 11) is 0. The summed E-state index contributed by atoms with van der Waals surface area (Å²) in [6.07, 6.45) is 5.77. The molecule has 0 saturated carbocycles. The molecule has 4 aromatic carbocycles. The number of aryl methyl sites for hydroxylation is 1. The first-order valence-corrected chi connectivity index (χ1v) is 13.4. The first-order valence-electron chi connectivity index (χ1n) is 13.4. The average Bonchev–Trinajstić information content (AvgIpc) is 2.92. The molecule has 1 aliphatic heterocycles. The van der Waals surface area contributed by atoms with Crippen molar-refractivity contribution in [2.24, 2.45) is 11.8 Å². The van der Waals surface area contributed by atoms with E-state index < -0.39 is 0 Å². The molecular weight excluding hydrogens is 426 g/mol. The van der Waals surface area contributed by atoms with Gasteiger partial charge in [-0.1, -0.05) is 74.5 Å². The number of benzene rings is 4. The van der Waals surface area contributed by atoms with E-state index >= 15 is 0 Å². The molecular formula is C33H35NO. The highest BCUT2D eigenvalue weighted by molar-refractivity contribution is 6.08. The van der Waals surface area contributed by atoms with Gasteiger partial charge in [-0.25, -0.2) is 0 Å². The van der Waals surface area contributed by atoms with E-state index in [2.05, 4.69) is 91.5 Å². The van der Waals surface area contributed by atoms with Gasteiger partial charge in [-0.15, -0.1) is 0 Å². The van der Waals surface area contributed by atoms with Gasteiger partial charge in [0.2, 0.25) is 0 Å². The SMILES string of the molecule is CC(C)C1CCN(C(=O)c2ccc(C3CCCc4c3ccc3c4ccc4ccccc43)cc2)CC1. The van der Waals surface area contributed by atoms with Gasteiger partial charge in [0.25, 0.3) is 5.91 Å². The van der Waals surface area contributed by atoms with Crippen LogP contribution in [0.3, 0.4) is 0 Å². The van der Waals surface area contributed by atoms with Crippen LogP contribution in [0.2, 0.25) is 0 Å². The van der Waals surface area contributed by atoms with Crippen LogP contribution < -0.4 is 0 Å². The third-order valence-electron chi connectivity index (χ3n) is 8.70. The molecule has 0 aromatic heterocycles. The van der Waals surface area contributed by atoms with E-state index in [1.165, 1.54) is 51.1 Å². The molecule has 0 spiro atoms. The van der Waals surface area contributed by atoms with Crippen LogP contribution in [0.5, 0.6) is 0 Å². The predicted octanol–water partition coefficient (Wildman–Crippen LogP) is 7.97. The molecule has 0 N–H and O–H groups in total. The summed E-state index contributed by atoms with van der Waals surface area (Å²) in [4.78, 5) is 15.2. The highest BCUT2D eigenvalue weighted by Crippen LogP contribution is 2.41. The minimum Gasteiger partial charge on any atom is -0.339 e. The molecule has 35 heavy (non-hydrogen) atoms. The van der Waals surface area contributed by atoms with Crippen molar-refractivity contribution in [3.05, 3.63) is 95.1 Å². The van der Waals surface area contributed by atoms with E-state index in [4.69, 9.17) is 0 Å². The van der Waals surface area contributed by atoms with Gasteiger partial charge >= 0.3 is 0 Å². The zero-order valence-corrected chi connectivity index (χ0v) is 21.0. The first kappa shape index (κ1) is 22.3. The molecule has 2 aliphatic rings. The second-order valence-electron chi connectivity index (χ2n) is 11.0. The Kier molecular flexibility index (Phi) is 5.84. The molecule has 0 bridgehead atoms. The number of likely N-dealkylation sites (tertiary alicyclic amines) is 1. The second-order valence-corrected chi connectivity index (χ2v) is 11.0. The number of hydrogen-bond donors (Lipinski definition) is 0. The Labute approximate surface area is 209 Å². The Bertz CT molecular complexity index is 1380. The maximum atomic E-state index is 13.1. The van der Waals surface area contributed by atoms with Crippen molar-refractivity contribution in [3.8, 4) is 0 Å². The predicted molar refractivity (Wildman–Crippen MR) is 146 cm³/mol. The summed E-state index contributed by atoms with van der Waals surface area (Å²) in [5, 5.41) is 5.42. The highest BCUT2D eigenvalue weighted by atomic mass is 16.2. The molecule has 1 heterocycles. The summed E-state index contributed by atoms with van der Waals surface area (Å²) >= 11 is 0. The van der Waals surface area contributed by atoms with Crippen LogP contribution in [-0.4, -0.2) is 23.9 Å². The van der Waals surface area contributed by atoms with Gasteiger partial charge in [-0.2, -0.15) is 0 Å².